The van der Waals surface area contributed by atoms with Crippen molar-refractivity contribution in [2.45, 2.75) is 17.7 Å². The van der Waals surface area contributed by atoms with E-state index in [1.807, 2.05) is 18.5 Å². The van der Waals surface area contributed by atoms with Gasteiger partial charge in [0.05, 0.1) is 11.9 Å². The van der Waals surface area contributed by atoms with Crippen molar-refractivity contribution >= 4 is 38.9 Å². The van der Waals surface area contributed by atoms with Crippen molar-refractivity contribution in [3.05, 3.63) is 45.6 Å². The highest BCUT2D eigenvalue weighted by Gasteiger charge is 2.22. The molecular formula is C16H16BrNO2S. The van der Waals surface area contributed by atoms with Crippen LogP contribution < -0.4 is 9.64 Å². The minimum absolute atomic E-state index is 0.152. The van der Waals surface area contributed by atoms with E-state index < -0.39 is 0 Å². The third-order valence-corrected chi connectivity index (χ3v) is 6.12. The maximum absolute atomic E-state index is 11.7. The van der Waals surface area contributed by atoms with Crippen LogP contribution in [-0.2, 0) is 11.2 Å². The van der Waals surface area contributed by atoms with Gasteiger partial charge in [0.15, 0.2) is 0 Å². The number of fused-ring (bicyclic) bond motifs is 1. The Balaban J connectivity index is 1.91. The molecule has 0 N–H and O–H groups in total. The van der Waals surface area contributed by atoms with E-state index in [1.165, 1.54) is 16.0 Å². The van der Waals surface area contributed by atoms with Crippen LogP contribution in [0.1, 0.15) is 27.3 Å². The zero-order chi connectivity index (χ0) is 15.0. The van der Waals surface area contributed by atoms with Crippen molar-refractivity contribution in [3.8, 4) is 5.75 Å². The second-order valence-electron chi connectivity index (χ2n) is 5.09. The number of anilines is 1. The lowest BCUT2D eigenvalue weighted by Crippen LogP contribution is -2.31. The molecule has 1 unspecified atom stereocenters. The van der Waals surface area contributed by atoms with Gasteiger partial charge in [-0.05, 0) is 29.7 Å². The summed E-state index contributed by atoms with van der Waals surface area (Å²) >= 11 is 5.44. The van der Waals surface area contributed by atoms with Gasteiger partial charge in [0.25, 0.3) is 0 Å². The van der Waals surface area contributed by atoms with Crippen molar-refractivity contribution in [3.63, 3.8) is 0 Å². The summed E-state index contributed by atoms with van der Waals surface area (Å²) in [7, 11) is 3.52. The number of thiophene rings is 1. The molecule has 110 valence electrons. The molecule has 0 fully saturated rings. The molecule has 0 bridgehead atoms. The van der Waals surface area contributed by atoms with E-state index in [0.717, 1.165) is 17.9 Å². The lowest BCUT2D eigenvalue weighted by Gasteiger charge is -2.26. The van der Waals surface area contributed by atoms with Crippen molar-refractivity contribution in [1.82, 2.24) is 0 Å². The highest BCUT2D eigenvalue weighted by atomic mass is 79.9. The molecular weight excluding hydrogens is 350 g/mol. The van der Waals surface area contributed by atoms with Crippen LogP contribution in [0.15, 0.2) is 29.6 Å². The first kappa shape index (κ1) is 14.6. The number of hydrogen-bond donors (Lipinski definition) is 0. The summed E-state index contributed by atoms with van der Waals surface area (Å²) in [6.07, 6.45) is 1.41. The van der Waals surface area contributed by atoms with Gasteiger partial charge in [0.2, 0.25) is 5.91 Å². The topological polar surface area (TPSA) is 29.5 Å². The summed E-state index contributed by atoms with van der Waals surface area (Å²) < 4.78 is 5.24. The first-order valence-electron chi connectivity index (χ1n) is 6.76. The summed E-state index contributed by atoms with van der Waals surface area (Å²) in [5.41, 5.74) is 3.47. The molecule has 1 aliphatic rings. The van der Waals surface area contributed by atoms with E-state index in [2.05, 4.69) is 34.1 Å². The molecule has 2 heterocycles. The van der Waals surface area contributed by atoms with Crippen LogP contribution in [0.3, 0.4) is 0 Å². The Morgan fingerprint density at radius 2 is 2.14 bits per heavy atom. The molecule has 2 aromatic rings. The van der Waals surface area contributed by atoms with Crippen molar-refractivity contribution in [2.75, 3.05) is 19.1 Å². The number of amides is 1. The smallest absolute Gasteiger partial charge is 0.227 e. The fourth-order valence-corrected chi connectivity index (χ4v) is 4.17. The monoisotopic (exact) mass is 365 g/mol. The van der Waals surface area contributed by atoms with E-state index in [-0.39, 0.29) is 10.7 Å². The number of nitrogens with zero attached hydrogens (tertiary/aromatic N) is 1. The fourth-order valence-electron chi connectivity index (χ4n) is 2.57. The maximum Gasteiger partial charge on any atom is 0.227 e. The molecule has 1 atom stereocenters. The van der Waals surface area contributed by atoms with Gasteiger partial charge in [0, 0.05) is 29.4 Å². The van der Waals surface area contributed by atoms with Gasteiger partial charge >= 0.3 is 0 Å². The number of carbonyl (C=O) groups excluding carboxylic acids is 1. The zero-order valence-electron chi connectivity index (χ0n) is 11.9. The molecule has 0 spiro atoms. The Bertz CT molecular complexity index is 683. The second-order valence-corrected chi connectivity index (χ2v) is 6.95. The van der Waals surface area contributed by atoms with Crippen molar-refractivity contribution in [2.24, 2.45) is 0 Å². The highest BCUT2D eigenvalue weighted by molar-refractivity contribution is 9.09. The molecule has 1 aliphatic heterocycles. The summed E-state index contributed by atoms with van der Waals surface area (Å²) in [5.74, 6) is 1.08. The van der Waals surface area contributed by atoms with Crippen LogP contribution in [0.5, 0.6) is 5.75 Å². The zero-order valence-corrected chi connectivity index (χ0v) is 14.3. The molecule has 21 heavy (non-hydrogen) atoms. The average Bonchev–Trinajstić information content (AvgIpc) is 2.99. The predicted octanol–water partition coefficient (Wildman–Crippen LogP) is 4.15. The summed E-state index contributed by atoms with van der Waals surface area (Å²) in [6, 6.07) is 8.38. The molecule has 3 rings (SSSR count). The van der Waals surface area contributed by atoms with Gasteiger partial charge in [-0.25, -0.2) is 0 Å². The number of carbonyl (C=O) groups is 1. The number of rotatable bonds is 3. The van der Waals surface area contributed by atoms with E-state index in [1.54, 1.807) is 23.3 Å². The van der Waals surface area contributed by atoms with E-state index in [0.29, 0.717) is 6.42 Å². The molecule has 3 nitrogen and oxygen atoms in total. The minimum atomic E-state index is 0.152. The van der Waals surface area contributed by atoms with Crippen LogP contribution in [-0.4, -0.2) is 20.1 Å². The molecule has 5 heteroatoms. The third kappa shape index (κ3) is 2.72. The van der Waals surface area contributed by atoms with Gasteiger partial charge in [0.1, 0.15) is 5.75 Å². The lowest BCUT2D eigenvalue weighted by molar-refractivity contribution is -0.118. The van der Waals surface area contributed by atoms with Crippen LogP contribution in [0.2, 0.25) is 0 Å². The van der Waals surface area contributed by atoms with Gasteiger partial charge < -0.3 is 9.64 Å². The van der Waals surface area contributed by atoms with Crippen molar-refractivity contribution in [1.29, 1.82) is 0 Å². The Morgan fingerprint density at radius 1 is 1.33 bits per heavy atom. The van der Waals surface area contributed by atoms with E-state index in [4.69, 9.17) is 4.74 Å². The highest BCUT2D eigenvalue weighted by Crippen LogP contribution is 2.39. The molecule has 0 saturated heterocycles. The van der Waals surface area contributed by atoms with Crippen molar-refractivity contribution < 1.29 is 9.53 Å². The van der Waals surface area contributed by atoms with E-state index >= 15 is 0 Å². The normalized spacial score (nSPS) is 15.8. The summed E-state index contributed by atoms with van der Waals surface area (Å²) in [5, 5.41) is 2.01. The van der Waals surface area contributed by atoms with Gasteiger partial charge in [-0.1, -0.05) is 28.1 Å². The molecule has 1 aromatic heterocycles. The Kier molecular flexibility index (Phi) is 4.04. The Hall–Kier alpha value is -1.33. The maximum atomic E-state index is 11.7. The number of alkyl halides is 1. The molecule has 0 radical (unpaired) electrons. The number of methoxy groups -OCH3 is 1. The molecule has 1 amide bonds. The standard InChI is InChI=1S/C16H16BrNO2S/c1-18-13-5-3-11(7-10(13)4-6-15(18)19)16(17)14-8-12(20-2)9-21-14/h3,5,7-9,16H,4,6H2,1-2H3. The summed E-state index contributed by atoms with van der Waals surface area (Å²) in [6.45, 7) is 0. The van der Waals surface area contributed by atoms with Crippen LogP contribution in [0.4, 0.5) is 5.69 Å². The SMILES string of the molecule is COc1csc(C(Br)c2ccc3c(c2)CCC(=O)N3C)c1. The fraction of sp³-hybridized carbons (Fsp3) is 0.312. The second kappa shape index (κ2) is 5.81. The molecule has 0 aliphatic carbocycles. The number of aryl methyl sites for hydroxylation is 1. The van der Waals surface area contributed by atoms with Gasteiger partial charge in [-0.3, -0.25) is 4.79 Å². The third-order valence-electron chi connectivity index (χ3n) is 3.82. The number of hydrogen-bond acceptors (Lipinski definition) is 3. The van der Waals surface area contributed by atoms with Crippen LogP contribution >= 0.6 is 27.3 Å². The van der Waals surface area contributed by atoms with Crippen LogP contribution in [0, 0.1) is 0 Å². The quantitative estimate of drug-likeness (QED) is 0.764. The predicted molar refractivity (Wildman–Crippen MR) is 89.8 cm³/mol. The largest absolute Gasteiger partial charge is 0.496 e. The molecule has 0 saturated carbocycles. The Labute approximate surface area is 136 Å². The van der Waals surface area contributed by atoms with Crippen LogP contribution in [0.25, 0.3) is 0 Å². The number of benzene rings is 1. The first-order chi connectivity index (χ1) is 10.1. The lowest BCUT2D eigenvalue weighted by atomic mass is 9.98. The first-order valence-corrected chi connectivity index (χ1v) is 8.55. The van der Waals surface area contributed by atoms with E-state index in [9.17, 15) is 4.79 Å². The molecule has 1 aromatic carbocycles. The average molecular weight is 366 g/mol. The van der Waals surface area contributed by atoms with Gasteiger partial charge in [-0.15, -0.1) is 11.3 Å². The number of halogens is 1. The Morgan fingerprint density at radius 3 is 2.86 bits per heavy atom. The minimum Gasteiger partial charge on any atom is -0.496 e. The number of ether oxygens (including phenoxy) is 1. The van der Waals surface area contributed by atoms with Gasteiger partial charge in [-0.2, -0.15) is 0 Å². The summed E-state index contributed by atoms with van der Waals surface area (Å²) in [4.78, 5) is 14.9.